The van der Waals surface area contributed by atoms with E-state index in [-0.39, 0.29) is 5.60 Å². The summed E-state index contributed by atoms with van der Waals surface area (Å²) in [7, 11) is 1.81. The van der Waals surface area contributed by atoms with Crippen LogP contribution >= 0.6 is 11.8 Å². The van der Waals surface area contributed by atoms with Crippen molar-refractivity contribution >= 4 is 17.7 Å². The third-order valence-corrected chi connectivity index (χ3v) is 3.92. The summed E-state index contributed by atoms with van der Waals surface area (Å²) in [6.45, 7) is 4.87. The fourth-order valence-electron chi connectivity index (χ4n) is 2.05. The zero-order chi connectivity index (χ0) is 13.3. The summed E-state index contributed by atoms with van der Waals surface area (Å²) < 4.78 is 5.74. The predicted molar refractivity (Wildman–Crippen MR) is 80.6 cm³/mol. The monoisotopic (exact) mass is 273 g/mol. The van der Waals surface area contributed by atoms with E-state index in [4.69, 9.17) is 4.74 Å². The highest BCUT2D eigenvalue weighted by Gasteiger charge is 2.29. The standard InChI is InChI=1S/C13H27N3OS/c1-13(7-6-9-17-13)11-16-12(14-2)15-8-4-5-10-18-3/h4-11H2,1-3H3,(H2,14,15,16). The lowest BCUT2D eigenvalue weighted by Crippen LogP contribution is -2.45. The van der Waals surface area contributed by atoms with Crippen molar-refractivity contribution in [3.05, 3.63) is 0 Å². The number of aliphatic imine (C=N–C) groups is 1. The first-order valence-electron chi connectivity index (χ1n) is 6.77. The van der Waals surface area contributed by atoms with Crippen molar-refractivity contribution in [2.24, 2.45) is 4.99 Å². The number of hydrogen-bond acceptors (Lipinski definition) is 3. The van der Waals surface area contributed by atoms with Gasteiger partial charge in [-0.25, -0.2) is 0 Å². The maximum Gasteiger partial charge on any atom is 0.191 e. The van der Waals surface area contributed by atoms with Gasteiger partial charge in [0.25, 0.3) is 0 Å². The maximum absolute atomic E-state index is 5.74. The molecule has 4 nitrogen and oxygen atoms in total. The Morgan fingerprint density at radius 1 is 1.39 bits per heavy atom. The van der Waals surface area contributed by atoms with Crippen molar-refractivity contribution in [2.75, 3.05) is 38.8 Å². The molecule has 0 aromatic carbocycles. The van der Waals surface area contributed by atoms with Crippen LogP contribution in [-0.4, -0.2) is 50.3 Å². The second-order valence-corrected chi connectivity index (χ2v) is 5.94. The Bertz CT molecular complexity index is 253. The molecule has 0 aromatic heterocycles. The number of nitrogens with one attached hydrogen (secondary N) is 2. The van der Waals surface area contributed by atoms with E-state index in [2.05, 4.69) is 28.8 Å². The van der Waals surface area contributed by atoms with Gasteiger partial charge in [0.05, 0.1) is 5.60 Å². The predicted octanol–water partition coefficient (Wildman–Crippen LogP) is 1.86. The molecule has 106 valence electrons. The van der Waals surface area contributed by atoms with Crippen LogP contribution in [0, 0.1) is 0 Å². The fourth-order valence-corrected chi connectivity index (χ4v) is 2.54. The first-order chi connectivity index (χ1) is 8.70. The van der Waals surface area contributed by atoms with Gasteiger partial charge in [0.2, 0.25) is 0 Å². The Balaban J connectivity index is 2.13. The van der Waals surface area contributed by atoms with Crippen LogP contribution in [0.5, 0.6) is 0 Å². The minimum Gasteiger partial charge on any atom is -0.373 e. The van der Waals surface area contributed by atoms with E-state index >= 15 is 0 Å². The quantitative estimate of drug-likeness (QED) is 0.422. The topological polar surface area (TPSA) is 45.7 Å². The molecular weight excluding hydrogens is 246 g/mol. The van der Waals surface area contributed by atoms with Gasteiger partial charge in [-0.1, -0.05) is 0 Å². The summed E-state index contributed by atoms with van der Waals surface area (Å²) in [6, 6.07) is 0. The summed E-state index contributed by atoms with van der Waals surface area (Å²) in [4.78, 5) is 4.23. The molecule has 1 saturated heterocycles. The van der Waals surface area contributed by atoms with Crippen LogP contribution in [0.1, 0.15) is 32.6 Å². The highest BCUT2D eigenvalue weighted by atomic mass is 32.2. The van der Waals surface area contributed by atoms with Crippen molar-refractivity contribution in [2.45, 2.75) is 38.2 Å². The molecule has 18 heavy (non-hydrogen) atoms. The first-order valence-corrected chi connectivity index (χ1v) is 8.17. The van der Waals surface area contributed by atoms with Crippen LogP contribution in [0.4, 0.5) is 0 Å². The molecule has 1 aliphatic rings. The van der Waals surface area contributed by atoms with Gasteiger partial charge < -0.3 is 15.4 Å². The number of rotatable bonds is 7. The molecule has 0 radical (unpaired) electrons. The molecular formula is C13H27N3OS. The number of hydrogen-bond donors (Lipinski definition) is 2. The van der Waals surface area contributed by atoms with Crippen molar-refractivity contribution in [1.29, 1.82) is 0 Å². The molecule has 0 saturated carbocycles. The average molecular weight is 273 g/mol. The lowest BCUT2D eigenvalue weighted by Gasteiger charge is -2.24. The molecule has 1 atom stereocenters. The van der Waals surface area contributed by atoms with E-state index in [1.807, 2.05) is 18.8 Å². The van der Waals surface area contributed by atoms with Gasteiger partial charge in [-0.05, 0) is 44.6 Å². The lowest BCUT2D eigenvalue weighted by molar-refractivity contribution is 0.0243. The van der Waals surface area contributed by atoms with Crippen molar-refractivity contribution in [3.63, 3.8) is 0 Å². The molecule has 0 aromatic rings. The van der Waals surface area contributed by atoms with Crippen LogP contribution in [0.3, 0.4) is 0 Å². The van der Waals surface area contributed by atoms with Gasteiger partial charge in [-0.2, -0.15) is 11.8 Å². The average Bonchev–Trinajstić information content (AvgIpc) is 2.80. The first kappa shape index (κ1) is 15.6. The number of ether oxygens (including phenoxy) is 1. The van der Waals surface area contributed by atoms with E-state index < -0.39 is 0 Å². The third kappa shape index (κ3) is 5.96. The molecule has 1 unspecified atom stereocenters. The number of thioether (sulfide) groups is 1. The molecule has 1 heterocycles. The Kier molecular flexibility index (Phi) is 7.51. The normalized spacial score (nSPS) is 24.3. The van der Waals surface area contributed by atoms with Gasteiger partial charge in [0, 0.05) is 26.7 Å². The highest BCUT2D eigenvalue weighted by Crippen LogP contribution is 2.23. The van der Waals surface area contributed by atoms with E-state index in [1.54, 1.807) is 0 Å². The lowest BCUT2D eigenvalue weighted by atomic mass is 10.0. The summed E-state index contributed by atoms with van der Waals surface area (Å²) in [6.07, 6.45) is 6.89. The summed E-state index contributed by atoms with van der Waals surface area (Å²) in [5.41, 5.74) is -0.0174. The fraction of sp³-hybridized carbons (Fsp3) is 0.923. The van der Waals surface area contributed by atoms with Gasteiger partial charge in [0.15, 0.2) is 5.96 Å². The van der Waals surface area contributed by atoms with E-state index in [1.165, 1.54) is 25.0 Å². The Labute approximate surface area is 115 Å². The van der Waals surface area contributed by atoms with Gasteiger partial charge >= 0.3 is 0 Å². The van der Waals surface area contributed by atoms with Crippen LogP contribution in [0.15, 0.2) is 4.99 Å². The molecule has 0 spiro atoms. The number of unbranched alkanes of at least 4 members (excludes halogenated alkanes) is 1. The van der Waals surface area contributed by atoms with Crippen LogP contribution in [-0.2, 0) is 4.74 Å². The van der Waals surface area contributed by atoms with E-state index in [9.17, 15) is 0 Å². The molecule has 1 aliphatic heterocycles. The SMILES string of the molecule is CN=C(NCCCCSC)NCC1(C)CCCO1. The second-order valence-electron chi connectivity index (χ2n) is 4.95. The van der Waals surface area contributed by atoms with Gasteiger partial charge in [0.1, 0.15) is 0 Å². The summed E-state index contributed by atoms with van der Waals surface area (Å²) in [5.74, 6) is 2.12. The molecule has 1 rings (SSSR count). The third-order valence-electron chi connectivity index (χ3n) is 3.22. The number of guanidine groups is 1. The molecule has 0 bridgehead atoms. The Morgan fingerprint density at radius 2 is 2.22 bits per heavy atom. The summed E-state index contributed by atoms with van der Waals surface area (Å²) >= 11 is 1.90. The Hall–Kier alpha value is -0.420. The minimum atomic E-state index is -0.0174. The Morgan fingerprint density at radius 3 is 2.83 bits per heavy atom. The molecule has 0 amide bonds. The van der Waals surface area contributed by atoms with E-state index in [0.717, 1.165) is 32.1 Å². The minimum absolute atomic E-state index is 0.0174. The van der Waals surface area contributed by atoms with E-state index in [0.29, 0.717) is 0 Å². The van der Waals surface area contributed by atoms with Gasteiger partial charge in [-0.3, -0.25) is 4.99 Å². The summed E-state index contributed by atoms with van der Waals surface area (Å²) in [5, 5.41) is 6.70. The largest absolute Gasteiger partial charge is 0.373 e. The molecule has 1 fully saturated rings. The van der Waals surface area contributed by atoms with Gasteiger partial charge in [-0.15, -0.1) is 0 Å². The molecule has 0 aliphatic carbocycles. The van der Waals surface area contributed by atoms with Crippen molar-refractivity contribution in [3.8, 4) is 0 Å². The molecule has 2 N–H and O–H groups in total. The van der Waals surface area contributed by atoms with Crippen molar-refractivity contribution < 1.29 is 4.74 Å². The van der Waals surface area contributed by atoms with Crippen molar-refractivity contribution in [1.82, 2.24) is 10.6 Å². The smallest absolute Gasteiger partial charge is 0.191 e. The number of nitrogens with zero attached hydrogens (tertiary/aromatic N) is 1. The zero-order valence-electron chi connectivity index (χ0n) is 11.9. The maximum atomic E-state index is 5.74. The highest BCUT2D eigenvalue weighted by molar-refractivity contribution is 7.98. The van der Waals surface area contributed by atoms with Crippen LogP contribution < -0.4 is 10.6 Å². The molecule has 5 heteroatoms. The zero-order valence-corrected chi connectivity index (χ0v) is 12.7. The second kappa shape index (κ2) is 8.64. The van der Waals surface area contributed by atoms with Crippen LogP contribution in [0.2, 0.25) is 0 Å². The van der Waals surface area contributed by atoms with Crippen LogP contribution in [0.25, 0.3) is 0 Å².